The molecule has 0 saturated carbocycles. The molecule has 0 unspecified atom stereocenters. The molecule has 0 aliphatic rings. The van der Waals surface area contributed by atoms with E-state index in [2.05, 4.69) is 81.3 Å². The normalized spacial score (nSPS) is 11.3. The lowest BCUT2D eigenvalue weighted by Gasteiger charge is -2.09. The maximum absolute atomic E-state index is 4.55. The average molecular weight is 404 g/mol. The molecule has 0 spiro atoms. The van der Waals surface area contributed by atoms with Gasteiger partial charge in [-0.1, -0.05) is 59.8 Å². The third-order valence-corrected chi connectivity index (χ3v) is 6.21. The highest BCUT2D eigenvalue weighted by Crippen LogP contribution is 2.36. The van der Waals surface area contributed by atoms with Gasteiger partial charge in [-0.2, -0.15) is 0 Å². The van der Waals surface area contributed by atoms with Crippen LogP contribution in [0.2, 0.25) is 0 Å². The van der Waals surface area contributed by atoms with E-state index in [0.717, 1.165) is 27.5 Å². The number of benzene rings is 3. The number of thiophene rings is 1. The molecule has 0 radical (unpaired) electrons. The van der Waals surface area contributed by atoms with Gasteiger partial charge in [-0.3, -0.25) is 4.98 Å². The molecule has 3 heterocycles. The summed E-state index contributed by atoms with van der Waals surface area (Å²) in [5.41, 5.74) is 4.04. The van der Waals surface area contributed by atoms with Crippen molar-refractivity contribution in [3.05, 3.63) is 96.6 Å². The number of aromatic nitrogens is 4. The first-order chi connectivity index (χ1) is 14.9. The standard InChI is InChI=1S/C25H16N4S/c1-3-9-20-17(7-1)13-18-8-2-4-10-21(18)25(20)23-15-29(28-27-23)24-14-19(16-30-24)22-11-5-6-12-26-22/h1-16H. The van der Waals surface area contributed by atoms with E-state index < -0.39 is 0 Å². The SMILES string of the molecule is c1ccc(-c2csc(-n3cc(-c4c5ccccc5cc5ccccc45)nn3)c2)nc1. The van der Waals surface area contributed by atoms with Gasteiger partial charge < -0.3 is 0 Å². The Bertz CT molecular complexity index is 1440. The second kappa shape index (κ2) is 6.90. The van der Waals surface area contributed by atoms with Crippen LogP contribution in [0.3, 0.4) is 0 Å². The Hall–Kier alpha value is -3.83. The van der Waals surface area contributed by atoms with E-state index in [1.807, 2.05) is 35.3 Å². The number of pyridine rings is 1. The van der Waals surface area contributed by atoms with Crippen LogP contribution in [0, 0.1) is 0 Å². The summed E-state index contributed by atoms with van der Waals surface area (Å²) in [5.74, 6) is 0. The molecule has 0 aliphatic heterocycles. The first-order valence-corrected chi connectivity index (χ1v) is 10.6. The van der Waals surface area contributed by atoms with Crippen molar-refractivity contribution in [3.8, 4) is 27.5 Å². The van der Waals surface area contributed by atoms with Crippen LogP contribution in [-0.4, -0.2) is 20.0 Å². The fourth-order valence-corrected chi connectivity index (χ4v) is 4.72. The van der Waals surface area contributed by atoms with Crippen molar-refractivity contribution >= 4 is 32.9 Å². The van der Waals surface area contributed by atoms with Gasteiger partial charge in [0.1, 0.15) is 10.7 Å². The molecule has 0 amide bonds. The van der Waals surface area contributed by atoms with E-state index in [4.69, 9.17) is 0 Å². The van der Waals surface area contributed by atoms with E-state index in [1.165, 1.54) is 21.5 Å². The molecule has 0 bridgehead atoms. The van der Waals surface area contributed by atoms with Gasteiger partial charge in [-0.25, -0.2) is 4.68 Å². The van der Waals surface area contributed by atoms with Crippen molar-refractivity contribution in [1.29, 1.82) is 0 Å². The van der Waals surface area contributed by atoms with Gasteiger partial charge in [0.15, 0.2) is 0 Å². The first kappa shape index (κ1) is 17.1. The second-order valence-electron chi connectivity index (χ2n) is 7.13. The van der Waals surface area contributed by atoms with Crippen LogP contribution in [0.25, 0.3) is 49.1 Å². The zero-order valence-corrected chi connectivity index (χ0v) is 16.8. The minimum Gasteiger partial charge on any atom is -0.256 e. The van der Waals surface area contributed by atoms with Gasteiger partial charge in [-0.15, -0.1) is 16.4 Å². The molecule has 5 heteroatoms. The summed E-state index contributed by atoms with van der Waals surface area (Å²) < 4.78 is 1.85. The maximum atomic E-state index is 4.55. The number of rotatable bonds is 3. The molecule has 142 valence electrons. The molecule has 4 nitrogen and oxygen atoms in total. The first-order valence-electron chi connectivity index (χ1n) is 9.70. The smallest absolute Gasteiger partial charge is 0.120 e. The van der Waals surface area contributed by atoms with Crippen LogP contribution in [0.4, 0.5) is 0 Å². The molecular weight excluding hydrogens is 388 g/mol. The van der Waals surface area contributed by atoms with Gasteiger partial charge >= 0.3 is 0 Å². The Morgan fingerprint density at radius 2 is 1.47 bits per heavy atom. The summed E-state index contributed by atoms with van der Waals surface area (Å²) in [5, 5.41) is 16.9. The van der Waals surface area contributed by atoms with Gasteiger partial charge in [-0.05, 0) is 45.8 Å². The van der Waals surface area contributed by atoms with Crippen LogP contribution in [0.5, 0.6) is 0 Å². The van der Waals surface area contributed by atoms with Gasteiger partial charge in [0.2, 0.25) is 0 Å². The van der Waals surface area contributed by atoms with Crippen LogP contribution in [0.15, 0.2) is 96.6 Å². The lowest BCUT2D eigenvalue weighted by atomic mass is 9.95. The molecule has 6 aromatic rings. The molecular formula is C25H16N4S. The minimum absolute atomic E-state index is 0.871. The second-order valence-corrected chi connectivity index (χ2v) is 8.02. The molecule has 0 aliphatic carbocycles. The monoisotopic (exact) mass is 404 g/mol. The third kappa shape index (κ3) is 2.79. The molecule has 3 aromatic heterocycles. The maximum Gasteiger partial charge on any atom is 0.120 e. The predicted molar refractivity (Wildman–Crippen MR) is 123 cm³/mol. The summed E-state index contributed by atoms with van der Waals surface area (Å²) in [6.45, 7) is 0. The lowest BCUT2D eigenvalue weighted by molar-refractivity contribution is 0.815. The van der Waals surface area contributed by atoms with Crippen molar-refractivity contribution in [2.75, 3.05) is 0 Å². The van der Waals surface area contributed by atoms with Crippen LogP contribution in [-0.2, 0) is 0 Å². The van der Waals surface area contributed by atoms with Gasteiger partial charge in [0.05, 0.1) is 11.9 Å². The van der Waals surface area contributed by atoms with Crippen molar-refractivity contribution < 1.29 is 0 Å². The number of nitrogens with zero attached hydrogens (tertiary/aromatic N) is 4. The molecule has 0 saturated heterocycles. The summed E-state index contributed by atoms with van der Waals surface area (Å²) in [6, 6.07) is 27.2. The zero-order valence-electron chi connectivity index (χ0n) is 15.9. The largest absolute Gasteiger partial charge is 0.256 e. The molecule has 30 heavy (non-hydrogen) atoms. The zero-order chi connectivity index (χ0) is 19.9. The summed E-state index contributed by atoms with van der Waals surface area (Å²) in [7, 11) is 0. The van der Waals surface area contributed by atoms with E-state index >= 15 is 0 Å². The summed E-state index contributed by atoms with van der Waals surface area (Å²) >= 11 is 1.63. The van der Waals surface area contributed by atoms with Crippen molar-refractivity contribution in [1.82, 2.24) is 20.0 Å². The summed E-state index contributed by atoms with van der Waals surface area (Å²) in [4.78, 5) is 4.44. The predicted octanol–water partition coefficient (Wildman–Crippen LogP) is 6.36. The third-order valence-electron chi connectivity index (χ3n) is 5.29. The van der Waals surface area contributed by atoms with E-state index in [1.54, 1.807) is 11.3 Å². The summed E-state index contributed by atoms with van der Waals surface area (Å²) in [6.07, 6.45) is 3.83. The molecule has 6 rings (SSSR count). The highest BCUT2D eigenvalue weighted by molar-refractivity contribution is 7.13. The Labute approximate surface area is 177 Å². The molecule has 3 aromatic carbocycles. The highest BCUT2D eigenvalue weighted by atomic mass is 32.1. The molecule has 0 N–H and O–H groups in total. The topological polar surface area (TPSA) is 43.6 Å². The Kier molecular flexibility index (Phi) is 3.92. The van der Waals surface area contributed by atoms with Gasteiger partial charge in [0, 0.05) is 22.7 Å². The van der Waals surface area contributed by atoms with E-state index in [0.29, 0.717) is 0 Å². The molecule has 0 fully saturated rings. The molecule has 0 atom stereocenters. The van der Waals surface area contributed by atoms with Crippen molar-refractivity contribution in [2.24, 2.45) is 0 Å². The number of hydrogen-bond donors (Lipinski definition) is 0. The quantitative estimate of drug-likeness (QED) is 0.322. The Morgan fingerprint density at radius 3 is 2.20 bits per heavy atom. The van der Waals surface area contributed by atoms with Crippen molar-refractivity contribution in [3.63, 3.8) is 0 Å². The number of fused-ring (bicyclic) bond motifs is 2. The van der Waals surface area contributed by atoms with Crippen LogP contribution < -0.4 is 0 Å². The van der Waals surface area contributed by atoms with Gasteiger partial charge in [0.25, 0.3) is 0 Å². The van der Waals surface area contributed by atoms with E-state index in [9.17, 15) is 0 Å². The lowest BCUT2D eigenvalue weighted by Crippen LogP contribution is -1.90. The van der Waals surface area contributed by atoms with Crippen LogP contribution in [0.1, 0.15) is 0 Å². The Balaban J connectivity index is 1.50. The fraction of sp³-hybridized carbons (Fsp3) is 0. The fourth-order valence-electron chi connectivity index (χ4n) is 3.89. The number of hydrogen-bond acceptors (Lipinski definition) is 4. The van der Waals surface area contributed by atoms with Crippen LogP contribution >= 0.6 is 11.3 Å². The van der Waals surface area contributed by atoms with Crippen molar-refractivity contribution in [2.45, 2.75) is 0 Å². The van der Waals surface area contributed by atoms with E-state index in [-0.39, 0.29) is 0 Å². The minimum atomic E-state index is 0.871. The highest BCUT2D eigenvalue weighted by Gasteiger charge is 2.14. The average Bonchev–Trinajstić information content (AvgIpc) is 3.48. The Morgan fingerprint density at radius 1 is 0.733 bits per heavy atom.